The van der Waals surface area contributed by atoms with Crippen molar-refractivity contribution in [3.8, 4) is 11.4 Å². The van der Waals surface area contributed by atoms with Gasteiger partial charge in [0, 0.05) is 5.69 Å². The molecular formula is C26H25FN4O2S. The van der Waals surface area contributed by atoms with E-state index in [0.29, 0.717) is 11.0 Å². The summed E-state index contributed by atoms with van der Waals surface area (Å²) >= 11 is 1.25. The SMILES string of the molecule is Cc1cccc(C)c1OCc1nnc(SC(C)C(=O)Nc2ccccc2F)n1-c1ccccc1. The largest absolute Gasteiger partial charge is 0.485 e. The number of ether oxygens (including phenoxy) is 1. The van der Waals surface area contributed by atoms with Crippen LogP contribution in [0.25, 0.3) is 5.69 Å². The predicted molar refractivity (Wildman–Crippen MR) is 132 cm³/mol. The van der Waals surface area contributed by atoms with Crippen molar-refractivity contribution < 1.29 is 13.9 Å². The zero-order chi connectivity index (χ0) is 24.1. The molecule has 34 heavy (non-hydrogen) atoms. The summed E-state index contributed by atoms with van der Waals surface area (Å²) in [6, 6.07) is 21.7. The van der Waals surface area contributed by atoms with Gasteiger partial charge >= 0.3 is 0 Å². The lowest BCUT2D eigenvalue weighted by Crippen LogP contribution is -2.23. The fraction of sp³-hybridized carbons (Fsp3) is 0.192. The first-order chi connectivity index (χ1) is 16.4. The minimum Gasteiger partial charge on any atom is -0.485 e. The average Bonchev–Trinajstić information content (AvgIpc) is 3.23. The fourth-order valence-corrected chi connectivity index (χ4v) is 4.37. The molecule has 4 aromatic rings. The number of aryl methyl sites for hydroxylation is 2. The van der Waals surface area contributed by atoms with Gasteiger partial charge in [0.2, 0.25) is 5.91 Å². The molecule has 0 saturated heterocycles. The normalized spacial score (nSPS) is 11.8. The first-order valence-corrected chi connectivity index (χ1v) is 11.7. The number of halogens is 1. The number of nitrogens with zero attached hydrogens (tertiary/aromatic N) is 3. The van der Waals surface area contributed by atoms with E-state index in [4.69, 9.17) is 4.74 Å². The van der Waals surface area contributed by atoms with Crippen LogP contribution in [0.2, 0.25) is 0 Å². The van der Waals surface area contributed by atoms with Crippen molar-refractivity contribution >= 4 is 23.4 Å². The van der Waals surface area contributed by atoms with E-state index in [1.165, 1.54) is 23.9 Å². The van der Waals surface area contributed by atoms with E-state index in [1.807, 2.05) is 66.9 Å². The van der Waals surface area contributed by atoms with Crippen LogP contribution < -0.4 is 10.1 Å². The second-order valence-corrected chi connectivity index (χ2v) is 9.12. The van der Waals surface area contributed by atoms with Crippen molar-refractivity contribution in [3.63, 3.8) is 0 Å². The number of benzene rings is 3. The van der Waals surface area contributed by atoms with Crippen LogP contribution in [0, 0.1) is 19.7 Å². The van der Waals surface area contributed by atoms with Crippen molar-refractivity contribution in [1.82, 2.24) is 14.8 Å². The highest BCUT2D eigenvalue weighted by Gasteiger charge is 2.22. The standard InChI is InChI=1S/C26H25FN4O2S/c1-17-10-9-11-18(2)24(17)33-16-23-29-30-26(31(23)20-12-5-4-6-13-20)34-19(3)25(32)28-22-15-8-7-14-21(22)27/h4-15,19H,16H2,1-3H3,(H,28,32). The van der Waals surface area contributed by atoms with E-state index in [-0.39, 0.29) is 18.2 Å². The predicted octanol–water partition coefficient (Wildman–Crippen LogP) is 5.72. The van der Waals surface area contributed by atoms with Gasteiger partial charge in [0.05, 0.1) is 10.9 Å². The number of aromatic nitrogens is 3. The topological polar surface area (TPSA) is 69.0 Å². The van der Waals surface area contributed by atoms with E-state index < -0.39 is 11.1 Å². The van der Waals surface area contributed by atoms with E-state index in [1.54, 1.807) is 19.1 Å². The third kappa shape index (κ3) is 5.28. The molecule has 1 atom stereocenters. The van der Waals surface area contributed by atoms with Crippen molar-refractivity contribution in [2.75, 3.05) is 5.32 Å². The molecule has 0 bridgehead atoms. The lowest BCUT2D eigenvalue weighted by atomic mass is 10.1. The Balaban J connectivity index is 1.57. The van der Waals surface area contributed by atoms with Crippen LogP contribution in [0.15, 0.2) is 78.0 Å². The number of anilines is 1. The third-order valence-electron chi connectivity index (χ3n) is 5.25. The first kappa shape index (κ1) is 23.5. The van der Waals surface area contributed by atoms with Gasteiger partial charge in [-0.25, -0.2) is 4.39 Å². The molecule has 0 aliphatic carbocycles. The van der Waals surface area contributed by atoms with Gasteiger partial charge in [0.1, 0.15) is 18.2 Å². The number of carbonyl (C=O) groups is 1. The minimum absolute atomic E-state index is 0.146. The number of amides is 1. The molecule has 3 aromatic carbocycles. The molecule has 4 rings (SSSR count). The number of hydrogen-bond acceptors (Lipinski definition) is 5. The van der Waals surface area contributed by atoms with Crippen LogP contribution in [-0.4, -0.2) is 25.9 Å². The smallest absolute Gasteiger partial charge is 0.237 e. The molecule has 0 fully saturated rings. The van der Waals surface area contributed by atoms with E-state index in [2.05, 4.69) is 15.5 Å². The first-order valence-electron chi connectivity index (χ1n) is 10.8. The van der Waals surface area contributed by atoms with Gasteiger partial charge in [-0.2, -0.15) is 0 Å². The molecule has 1 N–H and O–H groups in total. The van der Waals surface area contributed by atoms with Crippen molar-refractivity contribution in [3.05, 3.63) is 95.6 Å². The highest BCUT2D eigenvalue weighted by Crippen LogP contribution is 2.28. The summed E-state index contributed by atoms with van der Waals surface area (Å²) < 4.78 is 21.9. The van der Waals surface area contributed by atoms with Crippen LogP contribution in [0.3, 0.4) is 0 Å². The highest BCUT2D eigenvalue weighted by molar-refractivity contribution is 8.00. The van der Waals surface area contributed by atoms with Gasteiger partial charge in [0.15, 0.2) is 11.0 Å². The molecular weight excluding hydrogens is 451 g/mol. The second kappa shape index (κ2) is 10.5. The lowest BCUT2D eigenvalue weighted by molar-refractivity contribution is -0.115. The summed E-state index contributed by atoms with van der Waals surface area (Å²) in [4.78, 5) is 12.7. The molecule has 0 aliphatic heterocycles. The average molecular weight is 477 g/mol. The van der Waals surface area contributed by atoms with Gasteiger partial charge in [-0.05, 0) is 56.2 Å². The van der Waals surface area contributed by atoms with Crippen LogP contribution in [-0.2, 0) is 11.4 Å². The number of carbonyl (C=O) groups excluding carboxylic acids is 1. The number of nitrogens with one attached hydrogen (secondary N) is 1. The quantitative estimate of drug-likeness (QED) is 0.329. The Kier molecular flexibility index (Phi) is 7.27. The molecule has 1 unspecified atom stereocenters. The maximum atomic E-state index is 13.9. The molecule has 0 aliphatic rings. The Morgan fingerprint density at radius 2 is 1.68 bits per heavy atom. The Morgan fingerprint density at radius 1 is 1.00 bits per heavy atom. The van der Waals surface area contributed by atoms with Gasteiger partial charge < -0.3 is 10.1 Å². The van der Waals surface area contributed by atoms with Gasteiger partial charge in [-0.15, -0.1) is 10.2 Å². The monoisotopic (exact) mass is 476 g/mol. The van der Waals surface area contributed by atoms with Gasteiger partial charge in [0.25, 0.3) is 0 Å². The molecule has 6 nitrogen and oxygen atoms in total. The number of thioether (sulfide) groups is 1. The van der Waals surface area contributed by atoms with E-state index in [0.717, 1.165) is 22.6 Å². The number of hydrogen-bond donors (Lipinski definition) is 1. The Bertz CT molecular complexity index is 1270. The molecule has 1 amide bonds. The zero-order valence-electron chi connectivity index (χ0n) is 19.2. The Morgan fingerprint density at radius 3 is 2.38 bits per heavy atom. The van der Waals surface area contributed by atoms with Gasteiger partial charge in [-0.3, -0.25) is 9.36 Å². The van der Waals surface area contributed by atoms with E-state index in [9.17, 15) is 9.18 Å². The van der Waals surface area contributed by atoms with E-state index >= 15 is 0 Å². The lowest BCUT2D eigenvalue weighted by Gasteiger charge is -2.15. The maximum Gasteiger partial charge on any atom is 0.237 e. The molecule has 174 valence electrons. The number of para-hydroxylation sites is 3. The third-order valence-corrected chi connectivity index (χ3v) is 6.29. The fourth-order valence-electron chi connectivity index (χ4n) is 3.48. The molecule has 8 heteroatoms. The molecule has 0 radical (unpaired) electrons. The van der Waals surface area contributed by atoms with Gasteiger partial charge in [-0.1, -0.05) is 60.3 Å². The van der Waals surface area contributed by atoms with Crippen LogP contribution in [0.1, 0.15) is 23.9 Å². The summed E-state index contributed by atoms with van der Waals surface area (Å²) in [5, 5.41) is 11.3. The van der Waals surface area contributed by atoms with Crippen LogP contribution >= 0.6 is 11.8 Å². The Labute approximate surface area is 202 Å². The molecule has 1 heterocycles. The summed E-state index contributed by atoms with van der Waals surface area (Å²) in [6.07, 6.45) is 0. The maximum absolute atomic E-state index is 13.9. The van der Waals surface area contributed by atoms with Crippen molar-refractivity contribution in [1.29, 1.82) is 0 Å². The highest BCUT2D eigenvalue weighted by atomic mass is 32.2. The summed E-state index contributed by atoms with van der Waals surface area (Å²) in [7, 11) is 0. The molecule has 0 spiro atoms. The second-order valence-electron chi connectivity index (χ2n) is 7.81. The van der Waals surface area contributed by atoms with Crippen molar-refractivity contribution in [2.24, 2.45) is 0 Å². The zero-order valence-corrected chi connectivity index (χ0v) is 20.0. The van der Waals surface area contributed by atoms with Crippen molar-refractivity contribution in [2.45, 2.75) is 37.8 Å². The minimum atomic E-state index is -0.543. The Hall–Kier alpha value is -3.65. The van der Waals surface area contributed by atoms with Crippen LogP contribution in [0.5, 0.6) is 5.75 Å². The molecule has 0 saturated carbocycles. The summed E-state index contributed by atoms with van der Waals surface area (Å²) in [6.45, 7) is 5.96. The molecule has 1 aromatic heterocycles. The number of rotatable bonds is 8. The summed E-state index contributed by atoms with van der Waals surface area (Å²) in [5.41, 5.74) is 3.08. The van der Waals surface area contributed by atoms with Crippen LogP contribution in [0.4, 0.5) is 10.1 Å². The summed E-state index contributed by atoms with van der Waals surface area (Å²) in [5.74, 6) is 0.618.